The third kappa shape index (κ3) is 3.49. The monoisotopic (exact) mass is 449 g/mol. The molecule has 9 nitrogen and oxygen atoms in total. The van der Waals surface area contributed by atoms with E-state index >= 15 is 0 Å². The first kappa shape index (κ1) is 20.9. The number of hydrogen-bond donors (Lipinski definition) is 0. The third-order valence-corrected chi connectivity index (χ3v) is 8.28. The van der Waals surface area contributed by atoms with Crippen molar-refractivity contribution < 1.29 is 13.2 Å². The number of benzene rings is 1. The van der Waals surface area contributed by atoms with E-state index in [0.29, 0.717) is 34.8 Å². The summed E-state index contributed by atoms with van der Waals surface area (Å²) < 4.78 is 26.9. The first-order valence-corrected chi connectivity index (χ1v) is 12.4. The summed E-state index contributed by atoms with van der Waals surface area (Å²) in [6, 6.07) is 6.93. The number of carbonyl (C=O) groups is 1. The van der Waals surface area contributed by atoms with Gasteiger partial charge in [-0.25, -0.2) is 8.42 Å². The molecule has 1 aromatic carbocycles. The zero-order valence-corrected chi connectivity index (χ0v) is 18.6. The molecule has 2 unspecified atom stereocenters. The summed E-state index contributed by atoms with van der Waals surface area (Å²) in [4.78, 5) is 27.3. The Kier molecular flexibility index (Phi) is 5.35. The standard InChI is InChI=1S/C19H23N5O4S2/c1-4-23(13-9-10-30(27,28)11-13)16(25)12(2)29-19-21-20-18-22(3)17(26)14-7-5-6-8-15(14)24(18)19/h5-8,12-13H,4,9-11H2,1-3H3. The molecule has 1 aliphatic heterocycles. The third-order valence-electron chi connectivity index (χ3n) is 5.50. The number of aryl methyl sites for hydroxylation is 1. The van der Waals surface area contributed by atoms with Gasteiger partial charge in [-0.05, 0) is 32.4 Å². The number of para-hydroxylation sites is 1. The Morgan fingerprint density at radius 3 is 2.73 bits per heavy atom. The maximum absolute atomic E-state index is 13.1. The number of hydrogen-bond acceptors (Lipinski definition) is 7. The van der Waals surface area contributed by atoms with Gasteiger partial charge >= 0.3 is 0 Å². The average Bonchev–Trinajstić information content (AvgIpc) is 3.30. The van der Waals surface area contributed by atoms with Crippen molar-refractivity contribution in [1.29, 1.82) is 0 Å². The first-order chi connectivity index (χ1) is 14.2. The van der Waals surface area contributed by atoms with Crippen molar-refractivity contribution in [3.63, 3.8) is 0 Å². The molecule has 3 heterocycles. The lowest BCUT2D eigenvalue weighted by molar-refractivity contribution is -0.131. The Morgan fingerprint density at radius 2 is 2.07 bits per heavy atom. The predicted octanol–water partition coefficient (Wildman–Crippen LogP) is 1.10. The van der Waals surface area contributed by atoms with Crippen molar-refractivity contribution in [3.8, 4) is 0 Å². The Bertz CT molecular complexity index is 1300. The number of amides is 1. The molecule has 2 atom stereocenters. The number of thioether (sulfide) groups is 1. The highest BCUT2D eigenvalue weighted by Crippen LogP contribution is 2.27. The summed E-state index contributed by atoms with van der Waals surface area (Å²) in [6.45, 7) is 4.09. The largest absolute Gasteiger partial charge is 0.338 e. The average molecular weight is 450 g/mol. The lowest BCUT2D eigenvalue weighted by Gasteiger charge is -2.29. The summed E-state index contributed by atoms with van der Waals surface area (Å²) in [7, 11) is -1.44. The van der Waals surface area contributed by atoms with Gasteiger partial charge in [-0.3, -0.25) is 18.6 Å². The second-order valence-corrected chi connectivity index (χ2v) is 11.0. The zero-order chi connectivity index (χ0) is 21.6. The van der Waals surface area contributed by atoms with Crippen molar-refractivity contribution in [2.45, 2.75) is 36.7 Å². The van der Waals surface area contributed by atoms with Crippen LogP contribution in [0.2, 0.25) is 0 Å². The number of carbonyl (C=O) groups excluding carboxylic acids is 1. The van der Waals surface area contributed by atoms with Crippen molar-refractivity contribution in [2.75, 3.05) is 18.1 Å². The number of rotatable bonds is 5. The van der Waals surface area contributed by atoms with E-state index in [1.54, 1.807) is 35.4 Å². The van der Waals surface area contributed by atoms with Crippen LogP contribution in [0, 0.1) is 0 Å². The smallest absolute Gasteiger partial charge is 0.262 e. The van der Waals surface area contributed by atoms with Crippen LogP contribution in [0.1, 0.15) is 20.3 Å². The number of nitrogens with zero attached hydrogens (tertiary/aromatic N) is 5. The zero-order valence-electron chi connectivity index (χ0n) is 17.0. The molecule has 1 saturated heterocycles. The van der Waals surface area contributed by atoms with Crippen LogP contribution in [0.5, 0.6) is 0 Å². The molecule has 1 amide bonds. The van der Waals surface area contributed by atoms with Crippen LogP contribution in [-0.2, 0) is 21.7 Å². The van der Waals surface area contributed by atoms with Crippen molar-refractivity contribution in [2.24, 2.45) is 7.05 Å². The van der Waals surface area contributed by atoms with Crippen LogP contribution in [0.4, 0.5) is 0 Å². The molecule has 2 aromatic heterocycles. The van der Waals surface area contributed by atoms with E-state index in [2.05, 4.69) is 10.2 Å². The first-order valence-electron chi connectivity index (χ1n) is 9.74. The van der Waals surface area contributed by atoms with Crippen molar-refractivity contribution in [3.05, 3.63) is 34.6 Å². The number of fused-ring (bicyclic) bond motifs is 3. The molecule has 3 aromatic rings. The minimum atomic E-state index is -3.08. The van der Waals surface area contributed by atoms with Gasteiger partial charge < -0.3 is 4.90 Å². The molecule has 1 aliphatic rings. The van der Waals surface area contributed by atoms with Gasteiger partial charge in [0.2, 0.25) is 11.7 Å². The van der Waals surface area contributed by atoms with E-state index in [-0.39, 0.29) is 29.0 Å². The second kappa shape index (κ2) is 7.69. The Morgan fingerprint density at radius 1 is 1.33 bits per heavy atom. The number of sulfone groups is 1. The minimum absolute atomic E-state index is 0.0184. The van der Waals surface area contributed by atoms with E-state index in [0.717, 1.165) is 0 Å². The molecule has 0 bridgehead atoms. The van der Waals surface area contributed by atoms with Gasteiger partial charge in [0.25, 0.3) is 5.56 Å². The molecule has 0 N–H and O–H groups in total. The van der Waals surface area contributed by atoms with Gasteiger partial charge in [0.15, 0.2) is 15.0 Å². The Labute approximate surface area is 178 Å². The maximum Gasteiger partial charge on any atom is 0.262 e. The second-order valence-electron chi connectivity index (χ2n) is 7.44. The van der Waals surface area contributed by atoms with Crippen LogP contribution in [0.25, 0.3) is 16.7 Å². The summed E-state index contributed by atoms with van der Waals surface area (Å²) >= 11 is 1.25. The van der Waals surface area contributed by atoms with Crippen LogP contribution < -0.4 is 5.56 Å². The predicted molar refractivity (Wildman–Crippen MR) is 115 cm³/mol. The number of aromatic nitrogens is 4. The van der Waals surface area contributed by atoms with Crippen LogP contribution in [0.3, 0.4) is 0 Å². The molecule has 0 saturated carbocycles. The van der Waals surface area contributed by atoms with E-state index < -0.39 is 15.1 Å². The quantitative estimate of drug-likeness (QED) is 0.537. The van der Waals surface area contributed by atoms with E-state index in [4.69, 9.17) is 0 Å². The van der Waals surface area contributed by atoms with Gasteiger partial charge in [-0.1, -0.05) is 23.9 Å². The molecular weight excluding hydrogens is 426 g/mol. The lowest BCUT2D eigenvalue weighted by Crippen LogP contribution is -2.44. The molecule has 30 heavy (non-hydrogen) atoms. The summed E-state index contributed by atoms with van der Waals surface area (Å²) in [5.41, 5.74) is 0.516. The van der Waals surface area contributed by atoms with Gasteiger partial charge in [0.05, 0.1) is 27.7 Å². The molecule has 11 heteroatoms. The van der Waals surface area contributed by atoms with Gasteiger partial charge in [0, 0.05) is 19.6 Å². The fourth-order valence-electron chi connectivity index (χ4n) is 3.94. The molecular formula is C19H23N5O4S2. The van der Waals surface area contributed by atoms with E-state index in [1.165, 1.54) is 16.3 Å². The van der Waals surface area contributed by atoms with Gasteiger partial charge in [-0.15, -0.1) is 10.2 Å². The molecule has 0 radical (unpaired) electrons. The lowest BCUT2D eigenvalue weighted by atomic mass is 10.2. The highest BCUT2D eigenvalue weighted by atomic mass is 32.2. The van der Waals surface area contributed by atoms with Gasteiger partial charge in [-0.2, -0.15) is 0 Å². The molecule has 160 valence electrons. The molecule has 0 spiro atoms. The van der Waals surface area contributed by atoms with E-state index in [9.17, 15) is 18.0 Å². The fraction of sp³-hybridized carbons (Fsp3) is 0.474. The minimum Gasteiger partial charge on any atom is -0.338 e. The Hall–Kier alpha value is -2.40. The molecule has 0 aliphatic carbocycles. The summed E-state index contributed by atoms with van der Waals surface area (Å²) in [5.74, 6) is 0.410. The molecule has 1 fully saturated rings. The van der Waals surface area contributed by atoms with Crippen molar-refractivity contribution in [1.82, 2.24) is 24.1 Å². The van der Waals surface area contributed by atoms with Gasteiger partial charge in [0.1, 0.15) is 0 Å². The van der Waals surface area contributed by atoms with Crippen molar-refractivity contribution >= 4 is 44.2 Å². The summed E-state index contributed by atoms with van der Waals surface area (Å²) in [5, 5.41) is 8.94. The fourth-order valence-corrected chi connectivity index (χ4v) is 6.60. The summed E-state index contributed by atoms with van der Waals surface area (Å²) in [6.07, 6.45) is 0.472. The SMILES string of the molecule is CCN(C(=O)C(C)Sc1nnc2n(C)c(=O)c3ccccc3n12)C1CCS(=O)(=O)C1. The van der Waals surface area contributed by atoms with Crippen LogP contribution in [0.15, 0.2) is 34.2 Å². The van der Waals surface area contributed by atoms with Crippen LogP contribution >= 0.6 is 11.8 Å². The maximum atomic E-state index is 13.1. The normalized spacial score (nSPS) is 19.4. The topological polar surface area (TPSA) is 107 Å². The van der Waals surface area contributed by atoms with Crippen LogP contribution in [-0.4, -0.2) is 67.7 Å². The molecule has 4 rings (SSSR count). The van der Waals surface area contributed by atoms with E-state index in [1.807, 2.05) is 19.1 Å². The highest BCUT2D eigenvalue weighted by molar-refractivity contribution is 8.00. The Balaban J connectivity index is 1.67. The highest BCUT2D eigenvalue weighted by Gasteiger charge is 2.35.